The van der Waals surface area contributed by atoms with E-state index in [2.05, 4.69) is 0 Å². The molecule has 1 saturated heterocycles. The van der Waals surface area contributed by atoms with Crippen molar-refractivity contribution < 1.29 is 42.1 Å². The number of methoxy groups -OCH3 is 1. The molecule has 0 aliphatic carbocycles. The van der Waals surface area contributed by atoms with Gasteiger partial charge in [-0.25, -0.2) is 18.4 Å². The van der Waals surface area contributed by atoms with Crippen molar-refractivity contribution in [3.63, 3.8) is 0 Å². The highest BCUT2D eigenvalue weighted by Gasteiger charge is 2.47. The minimum atomic E-state index is -1.52. The molecule has 3 aliphatic rings. The molecule has 11 nitrogen and oxygen atoms in total. The number of fused-ring (bicyclic) bond motifs is 4. The van der Waals surface area contributed by atoms with E-state index < -0.39 is 59.2 Å². The van der Waals surface area contributed by atoms with Gasteiger partial charge in [-0.1, -0.05) is 54.6 Å². The highest BCUT2D eigenvalue weighted by molar-refractivity contribution is 7.98. The van der Waals surface area contributed by atoms with E-state index in [1.807, 2.05) is 24.3 Å². The number of amides is 1. The number of morpholine rings is 1. The fraction of sp³-hybridized carbons (Fsp3) is 0.235. The molecule has 3 aromatic carbocycles. The highest BCUT2D eigenvalue weighted by atomic mass is 32.2. The van der Waals surface area contributed by atoms with Gasteiger partial charge in [-0.3, -0.25) is 19.3 Å². The van der Waals surface area contributed by atoms with Crippen LogP contribution in [0.2, 0.25) is 0 Å². The van der Waals surface area contributed by atoms with Crippen molar-refractivity contribution in [3.05, 3.63) is 129 Å². The van der Waals surface area contributed by atoms with Crippen LogP contribution in [0.25, 0.3) is 0 Å². The van der Waals surface area contributed by atoms with E-state index in [1.165, 1.54) is 33.6 Å². The molecule has 0 radical (unpaired) electrons. The van der Waals surface area contributed by atoms with Gasteiger partial charge in [-0.05, 0) is 23.3 Å². The normalized spacial score (nSPS) is 18.8. The molecule has 48 heavy (non-hydrogen) atoms. The van der Waals surface area contributed by atoms with E-state index >= 15 is 4.39 Å². The minimum absolute atomic E-state index is 0.0538. The van der Waals surface area contributed by atoms with Crippen molar-refractivity contribution >= 4 is 29.8 Å². The average molecular weight is 676 g/mol. The topological polar surface area (TPSA) is 117 Å². The summed E-state index contributed by atoms with van der Waals surface area (Å²) in [7, 11) is 1.13. The quantitative estimate of drug-likeness (QED) is 0.276. The number of esters is 1. The predicted octanol–water partition coefficient (Wildman–Crippen LogP) is 4.70. The Kier molecular flexibility index (Phi) is 8.35. The van der Waals surface area contributed by atoms with Gasteiger partial charge in [0.25, 0.3) is 5.91 Å². The van der Waals surface area contributed by atoms with Gasteiger partial charge in [0.2, 0.25) is 17.3 Å². The Morgan fingerprint density at radius 2 is 1.75 bits per heavy atom. The van der Waals surface area contributed by atoms with Gasteiger partial charge in [0.1, 0.15) is 6.17 Å². The molecule has 246 valence electrons. The zero-order chi connectivity index (χ0) is 33.5. The lowest BCUT2D eigenvalue weighted by Crippen LogP contribution is -2.66. The van der Waals surface area contributed by atoms with Gasteiger partial charge < -0.3 is 23.8 Å². The Balaban J connectivity index is 1.37. The van der Waals surface area contributed by atoms with Crippen molar-refractivity contribution in [2.75, 3.05) is 31.9 Å². The number of rotatable bonds is 5. The Morgan fingerprint density at radius 1 is 0.979 bits per heavy atom. The van der Waals surface area contributed by atoms with E-state index in [4.69, 9.17) is 18.9 Å². The van der Waals surface area contributed by atoms with Crippen molar-refractivity contribution in [2.45, 2.75) is 29.0 Å². The number of halogens is 2. The Hall–Kier alpha value is -5.21. The second-order valence-electron chi connectivity index (χ2n) is 11.1. The molecule has 0 spiro atoms. The molecule has 7 rings (SSSR count). The molecule has 4 aromatic rings. The third-order valence-electron chi connectivity index (χ3n) is 8.45. The first-order valence-corrected chi connectivity index (χ1v) is 15.9. The monoisotopic (exact) mass is 675 g/mol. The minimum Gasteiger partial charge on any atom is -0.466 e. The van der Waals surface area contributed by atoms with Crippen LogP contribution in [0.3, 0.4) is 0 Å². The lowest BCUT2D eigenvalue weighted by atomic mass is 9.93. The third kappa shape index (κ3) is 5.36. The van der Waals surface area contributed by atoms with Crippen LogP contribution >= 0.6 is 11.8 Å². The van der Waals surface area contributed by atoms with Gasteiger partial charge in [0, 0.05) is 40.6 Å². The van der Waals surface area contributed by atoms with Crippen LogP contribution in [-0.4, -0.2) is 60.6 Å². The maximum Gasteiger partial charge on any atom is 0.515 e. The Bertz CT molecular complexity index is 1990. The first-order chi connectivity index (χ1) is 23.3. The number of carbonyl (C=O) groups excluding carboxylic acids is 3. The summed E-state index contributed by atoms with van der Waals surface area (Å²) in [5.74, 6) is -3.99. The van der Waals surface area contributed by atoms with Crippen LogP contribution in [0.15, 0.2) is 88.7 Å². The summed E-state index contributed by atoms with van der Waals surface area (Å²) < 4.78 is 52.8. The molecule has 0 N–H and O–H groups in total. The molecule has 1 aromatic heterocycles. The van der Waals surface area contributed by atoms with Crippen molar-refractivity contribution in [3.8, 4) is 5.75 Å². The summed E-state index contributed by atoms with van der Waals surface area (Å²) in [6.07, 6.45) is -2.34. The maximum absolute atomic E-state index is 15.4. The molecule has 0 bridgehead atoms. The van der Waals surface area contributed by atoms with Crippen LogP contribution in [-0.2, 0) is 24.8 Å². The average Bonchev–Trinajstić information content (AvgIpc) is 3.27. The lowest BCUT2D eigenvalue weighted by molar-refractivity contribution is -0.151. The first kappa shape index (κ1) is 31.4. The summed E-state index contributed by atoms with van der Waals surface area (Å²) >= 11 is 1.35. The zero-order valence-corrected chi connectivity index (χ0v) is 26.2. The molecule has 3 atom stereocenters. The number of hydrogen-bond acceptors (Lipinski definition) is 10. The second-order valence-corrected chi connectivity index (χ2v) is 12.1. The number of benzene rings is 3. The summed E-state index contributed by atoms with van der Waals surface area (Å²) in [6.45, 7) is 0.369. The second kappa shape index (κ2) is 12.8. The predicted molar refractivity (Wildman–Crippen MR) is 167 cm³/mol. The van der Waals surface area contributed by atoms with Gasteiger partial charge in [0.05, 0.1) is 26.4 Å². The highest BCUT2D eigenvalue weighted by Crippen LogP contribution is 2.45. The van der Waals surface area contributed by atoms with Crippen molar-refractivity contribution in [1.82, 2.24) is 9.58 Å². The van der Waals surface area contributed by atoms with Crippen LogP contribution in [0.1, 0.15) is 44.9 Å². The van der Waals surface area contributed by atoms with Crippen LogP contribution in [0.4, 0.5) is 13.6 Å². The van der Waals surface area contributed by atoms with E-state index in [-0.39, 0.29) is 36.8 Å². The molecular weight excluding hydrogens is 648 g/mol. The fourth-order valence-electron chi connectivity index (χ4n) is 6.26. The summed E-state index contributed by atoms with van der Waals surface area (Å²) in [4.78, 5) is 55.6. The van der Waals surface area contributed by atoms with Crippen LogP contribution in [0, 0.1) is 11.6 Å². The fourth-order valence-corrected chi connectivity index (χ4v) is 7.37. The zero-order valence-electron chi connectivity index (χ0n) is 25.3. The lowest BCUT2D eigenvalue weighted by Gasteiger charge is -2.51. The first-order valence-electron chi connectivity index (χ1n) is 14.9. The number of ether oxygens (including phenoxy) is 4. The van der Waals surface area contributed by atoms with Crippen molar-refractivity contribution in [1.29, 1.82) is 0 Å². The molecule has 1 amide bonds. The van der Waals surface area contributed by atoms with Crippen LogP contribution in [0.5, 0.6) is 5.75 Å². The summed E-state index contributed by atoms with van der Waals surface area (Å²) in [5, 5.41) is 1.75. The largest absolute Gasteiger partial charge is 0.515 e. The number of pyridine rings is 1. The van der Waals surface area contributed by atoms with E-state index in [9.17, 15) is 23.6 Å². The number of nitrogens with zero attached hydrogens (tertiary/aromatic N) is 3. The van der Waals surface area contributed by atoms with Crippen molar-refractivity contribution in [2.24, 2.45) is 0 Å². The number of carbonyl (C=O) groups is 3. The number of hydrogen-bond donors (Lipinski definition) is 0. The molecular formula is C34H27F2N3O8S. The smallest absolute Gasteiger partial charge is 0.466 e. The van der Waals surface area contributed by atoms with Gasteiger partial charge >= 0.3 is 12.1 Å². The molecule has 0 unspecified atom stereocenters. The van der Waals surface area contributed by atoms with Gasteiger partial charge in [-0.2, -0.15) is 0 Å². The summed E-state index contributed by atoms with van der Waals surface area (Å²) in [5.41, 5.74) is 0.518. The molecule has 3 aliphatic heterocycles. The van der Waals surface area contributed by atoms with E-state index in [0.29, 0.717) is 11.1 Å². The molecule has 0 saturated carbocycles. The Labute approximate surface area is 276 Å². The molecule has 14 heteroatoms. The molecule has 1 fully saturated rings. The van der Waals surface area contributed by atoms with E-state index in [1.54, 1.807) is 35.3 Å². The van der Waals surface area contributed by atoms with Crippen LogP contribution < -0.4 is 15.2 Å². The van der Waals surface area contributed by atoms with Gasteiger partial charge in [0.15, 0.2) is 17.3 Å². The summed E-state index contributed by atoms with van der Waals surface area (Å²) in [6, 6.07) is 18.3. The van der Waals surface area contributed by atoms with E-state index in [0.717, 1.165) is 29.7 Å². The van der Waals surface area contributed by atoms with Gasteiger partial charge in [-0.15, -0.1) is 11.8 Å². The Morgan fingerprint density at radius 3 is 2.54 bits per heavy atom. The standard InChI is InChI=1S/C34H27F2N3O8S/c1-44-33(42)30(19-7-3-2-4-8-19)46-34(43)47-31-24(40)13-14-38-29(31)32(41)37-15-16-45-17-26(37)39(38)28-20-11-12-23(35)27(36)22(20)18-48-25-10-6-5-9-21(25)28/h2-14,26,28,30H,15-18H2,1H3/t26-,28+,30-/m1/s1. The maximum atomic E-state index is 15.4. The third-order valence-corrected chi connectivity index (χ3v) is 9.57. The number of aromatic nitrogens is 1. The molecule has 4 heterocycles. The SMILES string of the molecule is COC(=O)[C@H](OC(=O)Oc1c2n(ccc1=O)N([C@@H]1c3ccccc3SCc3c1ccc(F)c3F)[C@@H]1COCCN1C2=O)c1ccccc1. The number of thioether (sulfide) groups is 1.